The molecule has 1 atom stereocenters. The zero-order chi connectivity index (χ0) is 15.4. The van der Waals surface area contributed by atoms with Crippen molar-refractivity contribution in [1.29, 1.82) is 0 Å². The summed E-state index contributed by atoms with van der Waals surface area (Å²) in [6.07, 6.45) is 0. The molecule has 2 aromatic rings. The Morgan fingerprint density at radius 2 is 1.81 bits per heavy atom. The summed E-state index contributed by atoms with van der Waals surface area (Å²) in [6.45, 7) is 0. The van der Waals surface area contributed by atoms with Gasteiger partial charge in [-0.05, 0) is 23.8 Å². The van der Waals surface area contributed by atoms with Crippen LogP contribution in [-0.4, -0.2) is 17.0 Å². The third-order valence-electron chi connectivity index (χ3n) is 2.91. The van der Waals surface area contributed by atoms with Crippen LogP contribution in [0, 0.1) is 0 Å². The molecule has 108 valence electrons. The minimum atomic E-state index is -1.14. The number of benzene rings is 2. The fraction of sp³-hybridized carbons (Fsp3) is 0.0667. The van der Waals surface area contributed by atoms with Crippen molar-refractivity contribution in [3.8, 4) is 0 Å². The number of anilines is 1. The lowest BCUT2D eigenvalue weighted by Crippen LogP contribution is -2.33. The summed E-state index contributed by atoms with van der Waals surface area (Å²) in [5.74, 6) is -1.67. The van der Waals surface area contributed by atoms with Crippen LogP contribution in [0.5, 0.6) is 0 Å². The molecule has 21 heavy (non-hydrogen) atoms. The number of carboxylic acid groups (broad SMARTS) is 1. The van der Waals surface area contributed by atoms with Crippen molar-refractivity contribution in [3.05, 3.63) is 64.7 Å². The third kappa shape index (κ3) is 3.52. The first kappa shape index (κ1) is 14.9. The smallest absolute Gasteiger partial charge is 0.330 e. The number of carboxylic acids is 1. The summed E-state index contributed by atoms with van der Waals surface area (Å²) in [5, 5.41) is 12.1. The van der Waals surface area contributed by atoms with Gasteiger partial charge >= 0.3 is 5.97 Å². The molecule has 2 aromatic carbocycles. The molecule has 0 saturated heterocycles. The van der Waals surface area contributed by atoms with E-state index in [0.717, 1.165) is 0 Å². The van der Waals surface area contributed by atoms with Crippen LogP contribution in [0.4, 0.5) is 5.69 Å². The van der Waals surface area contributed by atoms with Crippen LogP contribution >= 0.6 is 11.6 Å². The van der Waals surface area contributed by atoms with E-state index < -0.39 is 17.9 Å². The number of hydrogen-bond acceptors (Lipinski definition) is 3. The summed E-state index contributed by atoms with van der Waals surface area (Å²) < 4.78 is 0. The summed E-state index contributed by atoms with van der Waals surface area (Å²) >= 11 is 5.79. The van der Waals surface area contributed by atoms with Crippen LogP contribution in [0.1, 0.15) is 22.0 Å². The normalized spacial score (nSPS) is 11.7. The number of nitrogens with two attached hydrogens (primary N) is 1. The molecule has 6 heteroatoms. The molecule has 0 fully saturated rings. The van der Waals surface area contributed by atoms with Gasteiger partial charge in [0.05, 0.1) is 10.7 Å². The Labute approximate surface area is 126 Å². The SMILES string of the molecule is Nc1cc(C(=O)N[C@H](C(=O)O)c2ccccc2)ccc1Cl. The van der Waals surface area contributed by atoms with Gasteiger partial charge in [-0.25, -0.2) is 4.79 Å². The van der Waals surface area contributed by atoms with Gasteiger partial charge in [0.2, 0.25) is 0 Å². The van der Waals surface area contributed by atoms with E-state index in [2.05, 4.69) is 5.32 Å². The first-order valence-corrected chi connectivity index (χ1v) is 6.50. The van der Waals surface area contributed by atoms with Crippen molar-refractivity contribution in [2.75, 3.05) is 5.73 Å². The zero-order valence-electron chi connectivity index (χ0n) is 10.9. The number of aliphatic carboxylic acids is 1. The van der Waals surface area contributed by atoms with Crippen LogP contribution in [0.15, 0.2) is 48.5 Å². The number of carbonyl (C=O) groups is 2. The molecule has 0 saturated carbocycles. The average Bonchev–Trinajstić information content (AvgIpc) is 2.48. The fourth-order valence-corrected chi connectivity index (χ4v) is 1.95. The van der Waals surface area contributed by atoms with Crippen LogP contribution in [0.2, 0.25) is 5.02 Å². The van der Waals surface area contributed by atoms with E-state index in [1.54, 1.807) is 30.3 Å². The molecule has 0 aliphatic heterocycles. The summed E-state index contributed by atoms with van der Waals surface area (Å²) in [7, 11) is 0. The zero-order valence-corrected chi connectivity index (χ0v) is 11.7. The highest BCUT2D eigenvalue weighted by Gasteiger charge is 2.22. The molecule has 0 aliphatic carbocycles. The van der Waals surface area contributed by atoms with Crippen molar-refractivity contribution in [3.63, 3.8) is 0 Å². The van der Waals surface area contributed by atoms with Gasteiger partial charge in [0, 0.05) is 5.56 Å². The molecule has 4 N–H and O–H groups in total. The first-order valence-electron chi connectivity index (χ1n) is 6.12. The fourth-order valence-electron chi connectivity index (χ4n) is 1.83. The number of hydrogen-bond donors (Lipinski definition) is 3. The molecule has 5 nitrogen and oxygen atoms in total. The Balaban J connectivity index is 2.23. The van der Waals surface area contributed by atoms with Gasteiger partial charge in [0.1, 0.15) is 0 Å². The molecule has 2 rings (SSSR count). The van der Waals surface area contributed by atoms with Gasteiger partial charge < -0.3 is 16.2 Å². The van der Waals surface area contributed by atoms with E-state index in [-0.39, 0.29) is 11.3 Å². The molecular formula is C15H13ClN2O3. The lowest BCUT2D eigenvalue weighted by molar-refractivity contribution is -0.139. The highest BCUT2D eigenvalue weighted by Crippen LogP contribution is 2.20. The first-order chi connectivity index (χ1) is 9.99. The Hall–Kier alpha value is -2.53. The second-order valence-electron chi connectivity index (χ2n) is 4.39. The Morgan fingerprint density at radius 3 is 2.38 bits per heavy atom. The molecule has 0 spiro atoms. The summed E-state index contributed by atoms with van der Waals surface area (Å²) in [6, 6.07) is 11.7. The minimum Gasteiger partial charge on any atom is -0.479 e. The molecular weight excluding hydrogens is 292 g/mol. The van der Waals surface area contributed by atoms with Gasteiger partial charge in [0.25, 0.3) is 5.91 Å². The minimum absolute atomic E-state index is 0.249. The van der Waals surface area contributed by atoms with E-state index >= 15 is 0 Å². The van der Waals surface area contributed by atoms with Crippen LogP contribution in [-0.2, 0) is 4.79 Å². The second-order valence-corrected chi connectivity index (χ2v) is 4.80. The van der Waals surface area contributed by atoms with Crippen molar-refractivity contribution < 1.29 is 14.7 Å². The number of carbonyl (C=O) groups excluding carboxylic acids is 1. The summed E-state index contributed by atoms with van der Waals surface area (Å²) in [5.41, 5.74) is 6.63. The molecule has 0 aromatic heterocycles. The van der Waals surface area contributed by atoms with Gasteiger partial charge in [-0.1, -0.05) is 41.9 Å². The van der Waals surface area contributed by atoms with Crippen molar-refractivity contribution in [2.24, 2.45) is 0 Å². The van der Waals surface area contributed by atoms with E-state index in [9.17, 15) is 14.7 Å². The molecule has 0 aliphatic rings. The predicted molar refractivity (Wildman–Crippen MR) is 80.1 cm³/mol. The predicted octanol–water partition coefficient (Wildman–Crippen LogP) is 2.48. The van der Waals surface area contributed by atoms with Gasteiger partial charge in [-0.3, -0.25) is 4.79 Å². The Kier molecular flexibility index (Phi) is 4.45. The van der Waals surface area contributed by atoms with Crippen LogP contribution < -0.4 is 11.1 Å². The van der Waals surface area contributed by atoms with Crippen LogP contribution in [0.3, 0.4) is 0 Å². The highest BCUT2D eigenvalue weighted by molar-refractivity contribution is 6.33. The number of nitrogens with one attached hydrogen (secondary N) is 1. The average molecular weight is 305 g/mol. The van der Waals surface area contributed by atoms with Crippen molar-refractivity contribution in [2.45, 2.75) is 6.04 Å². The summed E-state index contributed by atoms with van der Waals surface area (Å²) in [4.78, 5) is 23.5. The third-order valence-corrected chi connectivity index (χ3v) is 3.26. The molecule has 0 unspecified atom stereocenters. The second kappa shape index (κ2) is 6.28. The van der Waals surface area contributed by atoms with E-state index in [4.69, 9.17) is 17.3 Å². The number of nitrogen functional groups attached to an aromatic ring is 1. The molecule has 0 radical (unpaired) electrons. The number of amides is 1. The van der Waals surface area contributed by atoms with Crippen molar-refractivity contribution in [1.82, 2.24) is 5.32 Å². The van der Waals surface area contributed by atoms with Gasteiger partial charge in [0.15, 0.2) is 6.04 Å². The maximum Gasteiger partial charge on any atom is 0.330 e. The lowest BCUT2D eigenvalue weighted by atomic mass is 10.1. The van der Waals surface area contributed by atoms with Crippen molar-refractivity contribution >= 4 is 29.2 Å². The number of rotatable bonds is 4. The monoisotopic (exact) mass is 304 g/mol. The molecule has 0 heterocycles. The number of halogens is 1. The van der Waals surface area contributed by atoms with Gasteiger partial charge in [-0.2, -0.15) is 0 Å². The maximum absolute atomic E-state index is 12.1. The van der Waals surface area contributed by atoms with Crippen LogP contribution in [0.25, 0.3) is 0 Å². The van der Waals surface area contributed by atoms with Gasteiger partial charge in [-0.15, -0.1) is 0 Å². The van der Waals surface area contributed by atoms with E-state index in [1.807, 2.05) is 0 Å². The quantitative estimate of drug-likeness (QED) is 0.757. The Morgan fingerprint density at radius 1 is 1.14 bits per heavy atom. The maximum atomic E-state index is 12.1. The topological polar surface area (TPSA) is 92.4 Å². The van der Waals surface area contributed by atoms with E-state index in [1.165, 1.54) is 18.2 Å². The highest BCUT2D eigenvalue weighted by atomic mass is 35.5. The molecule has 1 amide bonds. The standard InChI is InChI=1S/C15H13ClN2O3/c16-11-7-6-10(8-12(11)17)14(19)18-13(15(20)21)9-4-2-1-3-5-9/h1-8,13H,17H2,(H,18,19)(H,20,21)/t13-/m0/s1. The molecule has 0 bridgehead atoms. The largest absolute Gasteiger partial charge is 0.479 e. The lowest BCUT2D eigenvalue weighted by Gasteiger charge is -2.15. The Bertz CT molecular complexity index is 674. The van der Waals surface area contributed by atoms with E-state index in [0.29, 0.717) is 10.6 Å².